The summed E-state index contributed by atoms with van der Waals surface area (Å²) >= 11 is 0. The Labute approximate surface area is 108 Å². The zero-order valence-electron chi connectivity index (χ0n) is 10.7. The number of para-hydroxylation sites is 1. The molecule has 1 aromatic carbocycles. The largest absolute Gasteiger partial charge is 0.411 e. The molecule has 4 heteroatoms. The molecule has 0 fully saturated rings. The van der Waals surface area contributed by atoms with Crippen LogP contribution in [0, 0.1) is 0 Å². The van der Waals surface area contributed by atoms with Crippen molar-refractivity contribution in [1.82, 2.24) is 0 Å². The highest BCUT2D eigenvalue weighted by atomic mass is 16.4. The minimum absolute atomic E-state index is 0.314. The van der Waals surface area contributed by atoms with Gasteiger partial charge in [-0.15, -0.1) is 0 Å². The molecule has 2 N–H and O–H groups in total. The minimum atomic E-state index is -0.314. The van der Waals surface area contributed by atoms with Gasteiger partial charge in [-0.05, 0) is 25.3 Å². The van der Waals surface area contributed by atoms with Crippen LogP contribution in [-0.2, 0) is 0 Å². The van der Waals surface area contributed by atoms with Gasteiger partial charge in [0.05, 0.1) is 11.8 Å². The van der Waals surface area contributed by atoms with E-state index in [4.69, 9.17) is 5.21 Å². The van der Waals surface area contributed by atoms with Gasteiger partial charge in [0.2, 0.25) is 0 Å². The van der Waals surface area contributed by atoms with Gasteiger partial charge in [0.1, 0.15) is 0 Å². The molecule has 1 heterocycles. The number of rotatable bonds is 3. The van der Waals surface area contributed by atoms with E-state index in [-0.39, 0.29) is 6.10 Å². The molecule has 4 nitrogen and oxygen atoms in total. The van der Waals surface area contributed by atoms with Crippen molar-refractivity contribution in [3.05, 3.63) is 29.8 Å². The van der Waals surface area contributed by atoms with E-state index in [1.807, 2.05) is 31.2 Å². The van der Waals surface area contributed by atoms with Gasteiger partial charge in [0, 0.05) is 24.3 Å². The number of oxime groups is 1. The van der Waals surface area contributed by atoms with Gasteiger partial charge in [-0.1, -0.05) is 30.3 Å². The number of fused-ring (bicyclic) bond motifs is 1. The van der Waals surface area contributed by atoms with E-state index >= 15 is 0 Å². The lowest BCUT2D eigenvalue weighted by Gasteiger charge is -2.26. The number of nitrogens with zero attached hydrogens (tertiary/aromatic N) is 2. The van der Waals surface area contributed by atoms with Crippen LogP contribution in [-0.4, -0.2) is 35.2 Å². The molecule has 18 heavy (non-hydrogen) atoms. The summed E-state index contributed by atoms with van der Waals surface area (Å²) < 4.78 is 0. The number of hydrogen-bond acceptors (Lipinski definition) is 4. The van der Waals surface area contributed by atoms with Crippen molar-refractivity contribution in [3.63, 3.8) is 0 Å². The van der Waals surface area contributed by atoms with Crippen LogP contribution in [0.2, 0.25) is 0 Å². The maximum Gasteiger partial charge on any atom is 0.0889 e. The summed E-state index contributed by atoms with van der Waals surface area (Å²) in [5.41, 5.74) is 2.76. The maximum absolute atomic E-state index is 9.83. The number of anilines is 1. The third kappa shape index (κ3) is 2.64. The number of β-amino-alcohol motifs (C(OH)–C–C–N with tert-alkyl or cyclic N) is 1. The lowest BCUT2D eigenvalue weighted by molar-refractivity contribution is 0.175. The van der Waals surface area contributed by atoms with Gasteiger partial charge < -0.3 is 15.2 Å². The molecule has 98 valence electrons. The zero-order valence-corrected chi connectivity index (χ0v) is 10.7. The van der Waals surface area contributed by atoms with E-state index in [2.05, 4.69) is 10.1 Å². The summed E-state index contributed by atoms with van der Waals surface area (Å²) in [7, 11) is 0. The van der Waals surface area contributed by atoms with Crippen LogP contribution >= 0.6 is 0 Å². The molecule has 0 aliphatic carbocycles. The second kappa shape index (κ2) is 5.87. The van der Waals surface area contributed by atoms with Crippen LogP contribution in [0.25, 0.3) is 0 Å². The fourth-order valence-electron chi connectivity index (χ4n) is 2.36. The normalized spacial score (nSPS) is 19.4. The minimum Gasteiger partial charge on any atom is -0.411 e. The SMILES string of the molecule is CCC(O)CN1CCC/C(=N/O)c2ccccc21. The Hall–Kier alpha value is -1.55. The summed E-state index contributed by atoms with van der Waals surface area (Å²) in [5, 5.41) is 22.3. The van der Waals surface area contributed by atoms with Crippen LogP contribution in [0.4, 0.5) is 5.69 Å². The molecule has 0 radical (unpaired) electrons. The van der Waals surface area contributed by atoms with Crippen molar-refractivity contribution in [2.24, 2.45) is 5.16 Å². The molecule has 0 saturated carbocycles. The molecule has 0 spiro atoms. The monoisotopic (exact) mass is 248 g/mol. The van der Waals surface area contributed by atoms with Crippen LogP contribution in [0.15, 0.2) is 29.4 Å². The van der Waals surface area contributed by atoms with Crippen molar-refractivity contribution in [1.29, 1.82) is 0 Å². The van der Waals surface area contributed by atoms with Crippen molar-refractivity contribution < 1.29 is 10.3 Å². The van der Waals surface area contributed by atoms with Crippen molar-refractivity contribution in [2.45, 2.75) is 32.3 Å². The van der Waals surface area contributed by atoms with Gasteiger partial charge in [0.25, 0.3) is 0 Å². The number of aliphatic hydroxyl groups is 1. The summed E-state index contributed by atoms with van der Waals surface area (Å²) in [5.74, 6) is 0. The van der Waals surface area contributed by atoms with Crippen LogP contribution in [0.5, 0.6) is 0 Å². The molecule has 2 rings (SSSR count). The Balaban J connectivity index is 2.33. The average Bonchev–Trinajstić information content (AvgIpc) is 2.58. The van der Waals surface area contributed by atoms with E-state index in [1.54, 1.807) is 0 Å². The van der Waals surface area contributed by atoms with Crippen molar-refractivity contribution >= 4 is 11.4 Å². The summed E-state index contributed by atoms with van der Waals surface area (Å²) in [6.07, 6.45) is 2.14. The predicted octanol–water partition coefficient (Wildman–Crippen LogP) is 2.24. The molecule has 1 unspecified atom stereocenters. The Bertz CT molecular complexity index is 432. The topological polar surface area (TPSA) is 56.1 Å². The standard InChI is InChI=1S/C14H20N2O2/c1-2-11(17)10-16-9-5-7-13(15-18)12-6-3-4-8-14(12)16/h3-4,6,8,11,17-18H,2,5,7,9-10H2,1H3/b15-13-. The van der Waals surface area contributed by atoms with E-state index in [0.717, 1.165) is 42.8 Å². The quantitative estimate of drug-likeness (QED) is 0.637. The first-order valence-electron chi connectivity index (χ1n) is 6.49. The second-order valence-electron chi connectivity index (χ2n) is 4.68. The highest BCUT2D eigenvalue weighted by molar-refractivity contribution is 6.05. The number of aliphatic hydroxyl groups excluding tert-OH is 1. The number of benzene rings is 1. The smallest absolute Gasteiger partial charge is 0.0889 e. The first-order valence-corrected chi connectivity index (χ1v) is 6.49. The fourth-order valence-corrected chi connectivity index (χ4v) is 2.36. The molecular formula is C14H20N2O2. The zero-order chi connectivity index (χ0) is 13.0. The van der Waals surface area contributed by atoms with E-state index < -0.39 is 0 Å². The second-order valence-corrected chi connectivity index (χ2v) is 4.68. The lowest BCUT2D eigenvalue weighted by atomic mass is 10.1. The molecule has 1 aliphatic heterocycles. The predicted molar refractivity (Wildman–Crippen MR) is 72.5 cm³/mol. The lowest BCUT2D eigenvalue weighted by Crippen LogP contribution is -2.32. The summed E-state index contributed by atoms with van der Waals surface area (Å²) in [6, 6.07) is 7.92. The highest BCUT2D eigenvalue weighted by Gasteiger charge is 2.20. The maximum atomic E-state index is 9.83. The van der Waals surface area contributed by atoms with E-state index in [1.165, 1.54) is 0 Å². The van der Waals surface area contributed by atoms with Gasteiger partial charge in [0.15, 0.2) is 0 Å². The van der Waals surface area contributed by atoms with E-state index in [9.17, 15) is 5.11 Å². The van der Waals surface area contributed by atoms with Crippen molar-refractivity contribution in [3.8, 4) is 0 Å². The Morgan fingerprint density at radius 1 is 1.39 bits per heavy atom. The third-order valence-electron chi connectivity index (χ3n) is 3.42. The molecule has 1 aromatic rings. The van der Waals surface area contributed by atoms with Crippen LogP contribution < -0.4 is 4.90 Å². The first-order chi connectivity index (χ1) is 8.76. The molecule has 0 saturated heterocycles. The molecule has 1 aliphatic rings. The summed E-state index contributed by atoms with van der Waals surface area (Å²) in [6.45, 7) is 3.49. The Kier molecular flexibility index (Phi) is 4.20. The molecular weight excluding hydrogens is 228 g/mol. The van der Waals surface area contributed by atoms with Gasteiger partial charge in [-0.3, -0.25) is 0 Å². The first kappa shape index (κ1) is 12.9. The Morgan fingerprint density at radius 2 is 2.17 bits per heavy atom. The van der Waals surface area contributed by atoms with Gasteiger partial charge >= 0.3 is 0 Å². The summed E-state index contributed by atoms with van der Waals surface area (Å²) in [4.78, 5) is 2.18. The Morgan fingerprint density at radius 3 is 2.89 bits per heavy atom. The highest BCUT2D eigenvalue weighted by Crippen LogP contribution is 2.26. The van der Waals surface area contributed by atoms with Gasteiger partial charge in [-0.2, -0.15) is 0 Å². The number of hydrogen-bond donors (Lipinski definition) is 2. The van der Waals surface area contributed by atoms with Crippen LogP contribution in [0.1, 0.15) is 31.7 Å². The van der Waals surface area contributed by atoms with Crippen LogP contribution in [0.3, 0.4) is 0 Å². The fraction of sp³-hybridized carbons (Fsp3) is 0.500. The molecule has 0 amide bonds. The molecule has 1 atom stereocenters. The molecule has 0 bridgehead atoms. The van der Waals surface area contributed by atoms with Crippen molar-refractivity contribution in [2.75, 3.05) is 18.0 Å². The average molecular weight is 248 g/mol. The van der Waals surface area contributed by atoms with E-state index in [0.29, 0.717) is 6.54 Å². The molecule has 0 aromatic heterocycles. The van der Waals surface area contributed by atoms with Gasteiger partial charge in [-0.25, -0.2) is 0 Å². The third-order valence-corrected chi connectivity index (χ3v) is 3.42.